The number of hydrogen-bond acceptors (Lipinski definition) is 1. The number of hydrogen-bond donors (Lipinski definition) is 1. The van der Waals surface area contributed by atoms with Crippen molar-refractivity contribution in [1.29, 1.82) is 0 Å². The third kappa shape index (κ3) is 3.48. The summed E-state index contributed by atoms with van der Waals surface area (Å²) in [7, 11) is 0. The first-order valence-corrected chi connectivity index (χ1v) is 6.39. The zero-order chi connectivity index (χ0) is 13.7. The molecule has 0 aliphatic rings. The van der Waals surface area contributed by atoms with Gasteiger partial charge in [0.05, 0.1) is 0 Å². The molecule has 1 rings (SSSR count). The van der Waals surface area contributed by atoms with E-state index in [0.29, 0.717) is 6.54 Å². The molecule has 0 saturated carbocycles. The Morgan fingerprint density at radius 2 is 1.67 bits per heavy atom. The second-order valence-electron chi connectivity index (χ2n) is 4.58. The Hall–Kier alpha value is -1.03. The van der Waals surface area contributed by atoms with Gasteiger partial charge in [-0.1, -0.05) is 27.2 Å². The second-order valence-corrected chi connectivity index (χ2v) is 4.58. The molecule has 1 nitrogen and oxygen atoms in total. The molecule has 0 radical (unpaired) electrons. The molecule has 1 aromatic carbocycles. The molecule has 0 aromatic heterocycles. The normalized spacial score (nSPS) is 14.6. The Morgan fingerprint density at radius 1 is 1.11 bits per heavy atom. The molecule has 0 aliphatic carbocycles. The van der Waals surface area contributed by atoms with Crippen LogP contribution in [0.25, 0.3) is 0 Å². The quantitative estimate of drug-likeness (QED) is 0.807. The first kappa shape index (κ1) is 15.0. The molecule has 0 fully saturated rings. The number of benzene rings is 1. The third-order valence-electron chi connectivity index (χ3n) is 3.09. The van der Waals surface area contributed by atoms with E-state index in [-0.39, 0.29) is 11.5 Å². The Bertz CT molecular complexity index is 370. The van der Waals surface area contributed by atoms with Crippen LogP contribution >= 0.6 is 0 Å². The highest BCUT2D eigenvalue weighted by atomic mass is 19.1. The maximum absolute atomic E-state index is 13.8. The lowest BCUT2D eigenvalue weighted by molar-refractivity contribution is 0.345. The fourth-order valence-corrected chi connectivity index (χ4v) is 2.28. The van der Waals surface area contributed by atoms with Crippen molar-refractivity contribution in [1.82, 2.24) is 5.32 Å². The van der Waals surface area contributed by atoms with Crippen LogP contribution < -0.4 is 5.32 Å². The monoisotopic (exact) mass is 259 g/mol. The highest BCUT2D eigenvalue weighted by Gasteiger charge is 2.25. The van der Waals surface area contributed by atoms with Crippen molar-refractivity contribution in [2.75, 3.05) is 6.54 Å². The summed E-state index contributed by atoms with van der Waals surface area (Å²) >= 11 is 0. The average Bonchev–Trinajstić information content (AvgIpc) is 2.26. The van der Waals surface area contributed by atoms with E-state index in [1.165, 1.54) is 0 Å². The lowest BCUT2D eigenvalue weighted by atomic mass is 9.90. The Kier molecular flexibility index (Phi) is 5.66. The SMILES string of the molecule is CCCC(C)C(NCC)c1c(F)cc(F)cc1F. The van der Waals surface area contributed by atoms with Crippen molar-refractivity contribution in [3.8, 4) is 0 Å². The predicted molar refractivity (Wildman–Crippen MR) is 66.8 cm³/mol. The molecule has 4 heteroatoms. The minimum absolute atomic E-state index is 0.0563. The zero-order valence-corrected chi connectivity index (χ0v) is 11.1. The van der Waals surface area contributed by atoms with Crippen LogP contribution in [0, 0.1) is 23.4 Å². The Balaban J connectivity index is 3.12. The van der Waals surface area contributed by atoms with E-state index >= 15 is 0 Å². The van der Waals surface area contributed by atoms with Gasteiger partial charge in [0.2, 0.25) is 0 Å². The minimum atomic E-state index is -0.882. The van der Waals surface area contributed by atoms with Crippen LogP contribution in [0.5, 0.6) is 0 Å². The van der Waals surface area contributed by atoms with Gasteiger partial charge in [0.1, 0.15) is 17.5 Å². The van der Waals surface area contributed by atoms with Gasteiger partial charge in [0.15, 0.2) is 0 Å². The van der Waals surface area contributed by atoms with Crippen LogP contribution in [0.15, 0.2) is 12.1 Å². The van der Waals surface area contributed by atoms with Crippen molar-refractivity contribution < 1.29 is 13.2 Å². The van der Waals surface area contributed by atoms with Crippen molar-refractivity contribution in [2.24, 2.45) is 5.92 Å². The summed E-state index contributed by atoms with van der Waals surface area (Å²) in [5, 5.41) is 3.08. The van der Waals surface area contributed by atoms with Gasteiger partial charge in [-0.15, -0.1) is 0 Å². The zero-order valence-electron chi connectivity index (χ0n) is 11.1. The van der Waals surface area contributed by atoms with Crippen molar-refractivity contribution in [2.45, 2.75) is 39.7 Å². The molecule has 18 heavy (non-hydrogen) atoms. The molecule has 102 valence electrons. The standard InChI is InChI=1S/C14H20F3N/c1-4-6-9(3)14(18-5-2)13-11(16)7-10(15)8-12(13)17/h7-9,14,18H,4-6H2,1-3H3. The summed E-state index contributed by atoms with van der Waals surface area (Å²) in [6.07, 6.45) is 1.79. The van der Waals surface area contributed by atoms with Gasteiger partial charge in [-0.2, -0.15) is 0 Å². The smallest absolute Gasteiger partial charge is 0.133 e. The Morgan fingerprint density at radius 3 is 2.11 bits per heavy atom. The van der Waals surface area contributed by atoms with E-state index in [2.05, 4.69) is 5.32 Å². The molecule has 0 heterocycles. The molecule has 2 atom stereocenters. The van der Waals surface area contributed by atoms with Crippen LogP contribution in [0.3, 0.4) is 0 Å². The molecule has 0 bridgehead atoms. The van der Waals surface area contributed by atoms with Crippen molar-refractivity contribution in [3.63, 3.8) is 0 Å². The first-order chi connectivity index (χ1) is 8.51. The number of nitrogens with one attached hydrogen (secondary N) is 1. The molecule has 0 aliphatic heterocycles. The summed E-state index contributed by atoms with van der Waals surface area (Å²) in [6, 6.07) is 1.05. The average molecular weight is 259 g/mol. The highest BCUT2D eigenvalue weighted by molar-refractivity contribution is 5.25. The maximum atomic E-state index is 13.8. The van der Waals surface area contributed by atoms with Crippen LogP contribution in [0.2, 0.25) is 0 Å². The van der Waals surface area contributed by atoms with E-state index in [4.69, 9.17) is 0 Å². The van der Waals surface area contributed by atoms with Gasteiger partial charge >= 0.3 is 0 Å². The van der Waals surface area contributed by atoms with E-state index in [1.807, 2.05) is 20.8 Å². The summed E-state index contributed by atoms with van der Waals surface area (Å²) in [5.74, 6) is -2.43. The fraction of sp³-hybridized carbons (Fsp3) is 0.571. The van der Waals surface area contributed by atoms with E-state index in [1.54, 1.807) is 0 Å². The predicted octanol–water partition coefficient (Wildman–Crippen LogP) is 4.19. The minimum Gasteiger partial charge on any atom is -0.310 e. The molecule has 0 saturated heterocycles. The molecule has 1 aromatic rings. The van der Waals surface area contributed by atoms with Crippen molar-refractivity contribution >= 4 is 0 Å². The van der Waals surface area contributed by atoms with Crippen molar-refractivity contribution in [3.05, 3.63) is 35.1 Å². The molecule has 0 amide bonds. The largest absolute Gasteiger partial charge is 0.310 e. The maximum Gasteiger partial charge on any atom is 0.133 e. The lowest BCUT2D eigenvalue weighted by Gasteiger charge is -2.25. The molecule has 1 N–H and O–H groups in total. The van der Waals surface area contributed by atoms with Crippen LogP contribution in [0.4, 0.5) is 13.2 Å². The Labute approximate surface area is 106 Å². The third-order valence-corrected chi connectivity index (χ3v) is 3.09. The fourth-order valence-electron chi connectivity index (χ4n) is 2.28. The number of rotatable bonds is 6. The van der Waals surface area contributed by atoms with Crippen LogP contribution in [-0.2, 0) is 0 Å². The first-order valence-electron chi connectivity index (χ1n) is 6.39. The van der Waals surface area contributed by atoms with Gasteiger partial charge in [-0.25, -0.2) is 13.2 Å². The summed E-state index contributed by atoms with van der Waals surface area (Å²) in [4.78, 5) is 0. The van der Waals surface area contributed by atoms with E-state index in [9.17, 15) is 13.2 Å². The van der Waals surface area contributed by atoms with Gasteiger partial charge in [-0.3, -0.25) is 0 Å². The van der Waals surface area contributed by atoms with E-state index in [0.717, 1.165) is 25.0 Å². The second kappa shape index (κ2) is 6.78. The summed E-state index contributed by atoms with van der Waals surface area (Å²) in [6.45, 7) is 6.45. The molecular weight excluding hydrogens is 239 g/mol. The lowest BCUT2D eigenvalue weighted by Crippen LogP contribution is -2.28. The highest BCUT2D eigenvalue weighted by Crippen LogP contribution is 2.30. The van der Waals surface area contributed by atoms with Gasteiger partial charge in [-0.05, 0) is 18.9 Å². The molecular formula is C14H20F3N. The van der Waals surface area contributed by atoms with Crippen LogP contribution in [-0.4, -0.2) is 6.54 Å². The van der Waals surface area contributed by atoms with E-state index < -0.39 is 23.5 Å². The summed E-state index contributed by atoms with van der Waals surface area (Å²) < 4.78 is 40.4. The van der Waals surface area contributed by atoms with Gasteiger partial charge < -0.3 is 5.32 Å². The topological polar surface area (TPSA) is 12.0 Å². The number of halogens is 3. The van der Waals surface area contributed by atoms with Crippen LogP contribution in [0.1, 0.15) is 45.2 Å². The molecule has 0 spiro atoms. The summed E-state index contributed by atoms with van der Waals surface area (Å²) in [5.41, 5.74) is -0.0563. The van der Waals surface area contributed by atoms with Gasteiger partial charge in [0.25, 0.3) is 0 Å². The molecule has 2 unspecified atom stereocenters. The van der Waals surface area contributed by atoms with Gasteiger partial charge in [0, 0.05) is 23.7 Å².